The van der Waals surface area contributed by atoms with Crippen molar-refractivity contribution in [1.29, 1.82) is 0 Å². The lowest BCUT2D eigenvalue weighted by Gasteiger charge is -2.37. The third-order valence-corrected chi connectivity index (χ3v) is 5.53. The molecular formula is C23H31N3O3. The van der Waals surface area contributed by atoms with Crippen LogP contribution in [0.5, 0.6) is 11.5 Å². The predicted molar refractivity (Wildman–Crippen MR) is 116 cm³/mol. The Balaban J connectivity index is 1.54. The van der Waals surface area contributed by atoms with Gasteiger partial charge in [0, 0.05) is 19.0 Å². The van der Waals surface area contributed by atoms with Crippen LogP contribution in [0, 0.1) is 0 Å². The molecule has 1 unspecified atom stereocenters. The van der Waals surface area contributed by atoms with E-state index >= 15 is 0 Å². The normalized spacial score (nSPS) is 16.4. The van der Waals surface area contributed by atoms with Gasteiger partial charge < -0.3 is 19.7 Å². The third-order valence-electron chi connectivity index (χ3n) is 5.53. The fraction of sp³-hybridized carbons (Fsp3) is 0.478. The van der Waals surface area contributed by atoms with E-state index in [2.05, 4.69) is 28.2 Å². The van der Waals surface area contributed by atoms with Gasteiger partial charge in [0.05, 0.1) is 26.1 Å². The molecule has 0 bridgehead atoms. The van der Waals surface area contributed by atoms with Crippen molar-refractivity contribution in [3.8, 4) is 11.5 Å². The number of carbonyl (C=O) groups excluding carboxylic acids is 1. The van der Waals surface area contributed by atoms with Crippen molar-refractivity contribution < 1.29 is 14.3 Å². The van der Waals surface area contributed by atoms with Gasteiger partial charge in [-0.3, -0.25) is 4.79 Å². The van der Waals surface area contributed by atoms with Crippen LogP contribution in [0.2, 0.25) is 0 Å². The van der Waals surface area contributed by atoms with Crippen LogP contribution >= 0.6 is 0 Å². The maximum absolute atomic E-state index is 12.3. The van der Waals surface area contributed by atoms with Crippen LogP contribution in [0.15, 0.2) is 36.5 Å². The molecule has 1 amide bonds. The first-order chi connectivity index (χ1) is 14.1. The topological polar surface area (TPSA) is 63.7 Å². The summed E-state index contributed by atoms with van der Waals surface area (Å²) in [5.41, 5.74) is 2.16. The fourth-order valence-corrected chi connectivity index (χ4v) is 3.89. The van der Waals surface area contributed by atoms with Crippen LogP contribution in [-0.4, -0.2) is 37.7 Å². The van der Waals surface area contributed by atoms with E-state index in [1.54, 1.807) is 14.2 Å². The average molecular weight is 398 g/mol. The Hall–Kier alpha value is -2.76. The summed E-state index contributed by atoms with van der Waals surface area (Å²) in [6.07, 6.45) is 7.79. The van der Waals surface area contributed by atoms with Crippen molar-refractivity contribution in [2.75, 3.05) is 31.0 Å². The summed E-state index contributed by atoms with van der Waals surface area (Å²) in [7, 11) is 3.22. The Morgan fingerprint density at radius 1 is 1.17 bits per heavy atom. The number of hydrogen-bond acceptors (Lipinski definition) is 5. The minimum Gasteiger partial charge on any atom is -0.493 e. The van der Waals surface area contributed by atoms with Crippen LogP contribution in [0.3, 0.4) is 0 Å². The van der Waals surface area contributed by atoms with Gasteiger partial charge in [0.2, 0.25) is 5.91 Å². The number of methoxy groups -OCH3 is 2. The molecule has 6 heteroatoms. The SMILES string of the molecule is CCC1CCCCN1c1ccc(NC(=O)CCc2ccc(OC)c(OC)c2)nc1. The molecule has 1 atom stereocenters. The number of aromatic nitrogens is 1. The zero-order valence-electron chi connectivity index (χ0n) is 17.6. The van der Waals surface area contributed by atoms with Gasteiger partial charge in [-0.15, -0.1) is 0 Å². The molecule has 0 spiro atoms. The lowest BCUT2D eigenvalue weighted by molar-refractivity contribution is -0.116. The highest BCUT2D eigenvalue weighted by Gasteiger charge is 2.21. The summed E-state index contributed by atoms with van der Waals surface area (Å²) in [6, 6.07) is 10.3. The minimum atomic E-state index is -0.0514. The van der Waals surface area contributed by atoms with Crippen LogP contribution in [0.1, 0.15) is 44.6 Å². The average Bonchev–Trinajstić information content (AvgIpc) is 2.78. The zero-order valence-corrected chi connectivity index (χ0v) is 17.6. The molecular weight excluding hydrogens is 366 g/mol. The summed E-state index contributed by atoms with van der Waals surface area (Å²) < 4.78 is 10.6. The molecule has 1 aromatic heterocycles. The zero-order chi connectivity index (χ0) is 20.6. The molecule has 2 aromatic rings. The number of benzene rings is 1. The number of pyridine rings is 1. The molecule has 1 aliphatic heterocycles. The van der Waals surface area contributed by atoms with E-state index in [9.17, 15) is 4.79 Å². The smallest absolute Gasteiger partial charge is 0.225 e. The second-order valence-electron chi connectivity index (χ2n) is 7.39. The van der Waals surface area contributed by atoms with E-state index in [-0.39, 0.29) is 5.91 Å². The number of anilines is 2. The molecule has 0 saturated carbocycles. The number of hydrogen-bond donors (Lipinski definition) is 1. The first-order valence-electron chi connectivity index (χ1n) is 10.4. The highest BCUT2D eigenvalue weighted by atomic mass is 16.5. The van der Waals surface area contributed by atoms with Crippen molar-refractivity contribution >= 4 is 17.4 Å². The van der Waals surface area contributed by atoms with Gasteiger partial charge in [-0.2, -0.15) is 0 Å². The molecule has 0 radical (unpaired) electrons. The van der Waals surface area contributed by atoms with Crippen molar-refractivity contribution in [1.82, 2.24) is 4.98 Å². The van der Waals surface area contributed by atoms with Crippen LogP contribution < -0.4 is 19.7 Å². The Morgan fingerprint density at radius 3 is 2.69 bits per heavy atom. The van der Waals surface area contributed by atoms with Gasteiger partial charge in [0.25, 0.3) is 0 Å². The first-order valence-corrected chi connectivity index (χ1v) is 10.4. The molecule has 3 rings (SSSR count). The Kier molecular flexibility index (Phi) is 7.33. The number of carbonyl (C=O) groups is 1. The van der Waals surface area contributed by atoms with E-state index in [1.165, 1.54) is 19.3 Å². The summed E-state index contributed by atoms with van der Waals surface area (Å²) in [5.74, 6) is 1.90. The Morgan fingerprint density at radius 2 is 2.00 bits per heavy atom. The minimum absolute atomic E-state index is 0.0514. The molecule has 156 valence electrons. The first kappa shape index (κ1) is 21.0. The van der Waals surface area contributed by atoms with Crippen molar-refractivity contribution in [2.45, 2.75) is 51.5 Å². The second kappa shape index (κ2) is 10.1. The van der Waals surface area contributed by atoms with Crippen molar-refractivity contribution in [3.63, 3.8) is 0 Å². The van der Waals surface area contributed by atoms with Crippen molar-refractivity contribution in [2.24, 2.45) is 0 Å². The third kappa shape index (κ3) is 5.40. The quantitative estimate of drug-likeness (QED) is 0.713. The molecule has 1 N–H and O–H groups in total. The predicted octanol–water partition coefficient (Wildman–Crippen LogP) is 4.44. The van der Waals surface area contributed by atoms with Crippen LogP contribution in [0.4, 0.5) is 11.5 Å². The lowest BCUT2D eigenvalue weighted by atomic mass is 9.99. The fourth-order valence-electron chi connectivity index (χ4n) is 3.89. The highest BCUT2D eigenvalue weighted by Crippen LogP contribution is 2.28. The summed E-state index contributed by atoms with van der Waals surface area (Å²) >= 11 is 0. The second-order valence-corrected chi connectivity index (χ2v) is 7.39. The number of rotatable bonds is 8. The molecule has 29 heavy (non-hydrogen) atoms. The monoisotopic (exact) mass is 397 g/mol. The number of ether oxygens (including phenoxy) is 2. The van der Waals surface area contributed by atoms with Crippen LogP contribution in [0.25, 0.3) is 0 Å². The van der Waals surface area contributed by atoms with Gasteiger partial charge in [-0.05, 0) is 61.9 Å². The highest BCUT2D eigenvalue weighted by molar-refractivity contribution is 5.90. The van der Waals surface area contributed by atoms with Crippen LogP contribution in [-0.2, 0) is 11.2 Å². The van der Waals surface area contributed by atoms with E-state index in [0.29, 0.717) is 36.2 Å². The van der Waals surface area contributed by atoms with Gasteiger partial charge >= 0.3 is 0 Å². The van der Waals surface area contributed by atoms with Gasteiger partial charge in [0.1, 0.15) is 5.82 Å². The molecule has 1 saturated heterocycles. The largest absolute Gasteiger partial charge is 0.493 e. The Labute approximate surface area is 173 Å². The number of nitrogens with zero attached hydrogens (tertiary/aromatic N) is 2. The maximum atomic E-state index is 12.3. The van der Waals surface area contributed by atoms with E-state index in [4.69, 9.17) is 9.47 Å². The Bertz CT molecular complexity index is 808. The molecule has 1 aliphatic rings. The summed E-state index contributed by atoms with van der Waals surface area (Å²) in [5, 5.41) is 2.89. The van der Waals surface area contributed by atoms with Gasteiger partial charge in [0.15, 0.2) is 11.5 Å². The molecule has 1 fully saturated rings. The van der Waals surface area contributed by atoms with E-state index < -0.39 is 0 Å². The van der Waals surface area contributed by atoms with Crippen molar-refractivity contribution in [3.05, 3.63) is 42.1 Å². The number of amides is 1. The van der Waals surface area contributed by atoms with Gasteiger partial charge in [-0.1, -0.05) is 13.0 Å². The van der Waals surface area contributed by atoms with Gasteiger partial charge in [-0.25, -0.2) is 4.98 Å². The number of aryl methyl sites for hydroxylation is 1. The van der Waals surface area contributed by atoms with E-state index in [0.717, 1.165) is 24.2 Å². The summed E-state index contributed by atoms with van der Waals surface area (Å²) in [6.45, 7) is 3.32. The molecule has 1 aromatic carbocycles. The lowest BCUT2D eigenvalue weighted by Crippen LogP contribution is -2.39. The molecule has 6 nitrogen and oxygen atoms in total. The number of piperidine rings is 1. The maximum Gasteiger partial charge on any atom is 0.225 e. The number of nitrogens with one attached hydrogen (secondary N) is 1. The van der Waals surface area contributed by atoms with E-state index in [1.807, 2.05) is 30.5 Å². The molecule has 0 aliphatic carbocycles. The summed E-state index contributed by atoms with van der Waals surface area (Å²) in [4.78, 5) is 19.2. The molecule has 2 heterocycles. The standard InChI is InChI=1S/C23H31N3O3/c1-4-18-7-5-6-14-26(18)19-10-12-22(24-16-19)25-23(27)13-9-17-8-11-20(28-2)21(15-17)29-3/h8,10-12,15-16,18H,4-7,9,13-14H2,1-3H3,(H,24,25,27).